The Morgan fingerprint density at radius 1 is 1.28 bits per heavy atom. The van der Waals surface area contributed by atoms with E-state index < -0.39 is 0 Å². The van der Waals surface area contributed by atoms with E-state index in [2.05, 4.69) is 10.6 Å². The van der Waals surface area contributed by atoms with Crippen molar-refractivity contribution in [2.24, 2.45) is 5.92 Å². The van der Waals surface area contributed by atoms with E-state index in [0.29, 0.717) is 11.7 Å². The highest BCUT2D eigenvalue weighted by Gasteiger charge is 2.13. The van der Waals surface area contributed by atoms with E-state index in [9.17, 15) is 4.79 Å². The quantitative estimate of drug-likeness (QED) is 0.703. The zero-order valence-electron chi connectivity index (χ0n) is 14.1. The fourth-order valence-corrected chi connectivity index (χ4v) is 4.44. The molecule has 136 valence electrons. The number of benzene rings is 2. The van der Waals surface area contributed by atoms with Crippen LogP contribution in [0, 0.1) is 5.92 Å². The Hall–Kier alpha value is -0.940. The van der Waals surface area contributed by atoms with Gasteiger partial charge in [-0.3, -0.25) is 4.79 Å². The van der Waals surface area contributed by atoms with Gasteiger partial charge in [0, 0.05) is 21.8 Å². The summed E-state index contributed by atoms with van der Waals surface area (Å²) in [5.41, 5.74) is 0. The second-order valence-electron chi connectivity index (χ2n) is 6.23. The maximum Gasteiger partial charge on any atom is 0.230 e. The molecule has 3 rings (SSSR count). The van der Waals surface area contributed by atoms with Gasteiger partial charge in [0.25, 0.3) is 0 Å². The monoisotopic (exact) mass is 398 g/mol. The fraction of sp³-hybridized carbons (Fsp3) is 0.421. The molecule has 1 atom stereocenters. The van der Waals surface area contributed by atoms with Crippen LogP contribution in [0.5, 0.6) is 0 Å². The van der Waals surface area contributed by atoms with E-state index in [0.717, 1.165) is 46.7 Å². The molecule has 1 unspecified atom stereocenters. The normalized spacial score (nSPS) is 17.1. The summed E-state index contributed by atoms with van der Waals surface area (Å²) in [5, 5.41) is 9.34. The third-order valence-corrected chi connectivity index (χ3v) is 5.82. The Morgan fingerprint density at radius 3 is 2.84 bits per heavy atom. The molecule has 1 amide bonds. The van der Waals surface area contributed by atoms with Gasteiger partial charge in [-0.1, -0.05) is 35.9 Å². The maximum absolute atomic E-state index is 12.1. The summed E-state index contributed by atoms with van der Waals surface area (Å²) in [4.78, 5) is 13.2. The molecule has 3 nitrogen and oxygen atoms in total. The second-order valence-corrected chi connectivity index (χ2v) is 7.66. The zero-order valence-corrected chi connectivity index (χ0v) is 16.5. The molecule has 0 saturated carbocycles. The molecular weight excluding hydrogens is 375 g/mol. The molecule has 1 saturated heterocycles. The van der Waals surface area contributed by atoms with Crippen molar-refractivity contribution in [2.45, 2.75) is 24.2 Å². The van der Waals surface area contributed by atoms with Crippen molar-refractivity contribution in [1.82, 2.24) is 10.6 Å². The van der Waals surface area contributed by atoms with Gasteiger partial charge < -0.3 is 10.6 Å². The highest BCUT2D eigenvalue weighted by Crippen LogP contribution is 2.33. The van der Waals surface area contributed by atoms with Gasteiger partial charge in [0.1, 0.15) is 0 Å². The number of halogens is 2. The molecular formula is C19H24Cl2N2OS. The highest BCUT2D eigenvalue weighted by atomic mass is 35.5. The molecule has 0 spiro atoms. The van der Waals surface area contributed by atoms with Crippen LogP contribution in [0.4, 0.5) is 0 Å². The van der Waals surface area contributed by atoms with Crippen molar-refractivity contribution in [1.29, 1.82) is 0 Å². The number of carbonyl (C=O) groups is 1. The maximum atomic E-state index is 12.1. The minimum absolute atomic E-state index is 0. The molecule has 6 heteroatoms. The Bertz CT molecular complexity index is 700. The lowest BCUT2D eigenvalue weighted by molar-refractivity contribution is -0.118. The van der Waals surface area contributed by atoms with Crippen LogP contribution in [0.2, 0.25) is 5.02 Å². The van der Waals surface area contributed by atoms with Crippen LogP contribution in [-0.2, 0) is 4.79 Å². The van der Waals surface area contributed by atoms with Gasteiger partial charge in [-0.25, -0.2) is 0 Å². The molecule has 0 aromatic heterocycles. The lowest BCUT2D eigenvalue weighted by Crippen LogP contribution is -2.33. The molecule has 1 fully saturated rings. The number of fused-ring (bicyclic) bond motifs is 1. The minimum Gasteiger partial charge on any atom is -0.355 e. The summed E-state index contributed by atoms with van der Waals surface area (Å²) < 4.78 is 0. The lowest BCUT2D eigenvalue weighted by atomic mass is 9.96. The number of hydrogen-bond donors (Lipinski definition) is 2. The SMILES string of the molecule is Cl.O=C(CSc1cccc2cccc(Cl)c12)NCCC1CCCNC1. The van der Waals surface area contributed by atoms with Crippen LogP contribution in [0.25, 0.3) is 10.8 Å². The Balaban J connectivity index is 0.00000225. The summed E-state index contributed by atoms with van der Waals surface area (Å²) in [5.74, 6) is 1.21. The van der Waals surface area contributed by atoms with Crippen molar-refractivity contribution in [3.8, 4) is 0 Å². The molecule has 1 heterocycles. The summed E-state index contributed by atoms with van der Waals surface area (Å²) in [7, 11) is 0. The molecule has 0 bridgehead atoms. The zero-order chi connectivity index (χ0) is 16.8. The van der Waals surface area contributed by atoms with E-state index in [1.165, 1.54) is 12.8 Å². The summed E-state index contributed by atoms with van der Waals surface area (Å²) in [6.07, 6.45) is 3.58. The van der Waals surface area contributed by atoms with Crippen molar-refractivity contribution in [3.05, 3.63) is 41.4 Å². The standard InChI is InChI=1S/C19H23ClN2OS.ClH/c20-16-7-1-5-15-6-2-8-17(19(15)16)24-13-18(23)22-11-9-14-4-3-10-21-12-14;/h1-2,5-8,14,21H,3-4,9-13H2,(H,22,23);1H. The first kappa shape index (κ1) is 20.4. The van der Waals surface area contributed by atoms with Gasteiger partial charge >= 0.3 is 0 Å². The molecule has 0 aliphatic carbocycles. The average molecular weight is 399 g/mol. The topological polar surface area (TPSA) is 41.1 Å². The lowest BCUT2D eigenvalue weighted by Gasteiger charge is -2.22. The van der Waals surface area contributed by atoms with E-state index in [-0.39, 0.29) is 18.3 Å². The largest absolute Gasteiger partial charge is 0.355 e. The third kappa shape index (κ3) is 5.78. The Labute approximate surface area is 164 Å². The van der Waals surface area contributed by atoms with E-state index in [1.54, 1.807) is 11.8 Å². The van der Waals surface area contributed by atoms with Crippen LogP contribution >= 0.6 is 35.8 Å². The molecule has 2 N–H and O–H groups in total. The van der Waals surface area contributed by atoms with Crippen molar-refractivity contribution in [3.63, 3.8) is 0 Å². The van der Waals surface area contributed by atoms with Crippen LogP contribution < -0.4 is 10.6 Å². The van der Waals surface area contributed by atoms with Crippen molar-refractivity contribution >= 4 is 52.4 Å². The molecule has 0 radical (unpaired) electrons. The first-order chi connectivity index (χ1) is 11.7. The van der Waals surface area contributed by atoms with Gasteiger partial charge in [0.15, 0.2) is 0 Å². The number of nitrogens with one attached hydrogen (secondary N) is 2. The first-order valence-corrected chi connectivity index (χ1v) is 9.88. The smallest absolute Gasteiger partial charge is 0.230 e. The molecule has 25 heavy (non-hydrogen) atoms. The summed E-state index contributed by atoms with van der Waals surface area (Å²) in [6, 6.07) is 12.0. The molecule has 1 aliphatic rings. The first-order valence-electron chi connectivity index (χ1n) is 8.51. The predicted molar refractivity (Wildman–Crippen MR) is 110 cm³/mol. The van der Waals surface area contributed by atoms with E-state index in [4.69, 9.17) is 11.6 Å². The van der Waals surface area contributed by atoms with Gasteiger partial charge in [0.2, 0.25) is 5.91 Å². The third-order valence-electron chi connectivity index (χ3n) is 4.45. The van der Waals surface area contributed by atoms with Crippen LogP contribution in [-0.4, -0.2) is 31.3 Å². The number of rotatable bonds is 6. The van der Waals surface area contributed by atoms with Crippen LogP contribution in [0.1, 0.15) is 19.3 Å². The Kier molecular flexibility index (Phi) is 8.37. The van der Waals surface area contributed by atoms with Gasteiger partial charge in [0.05, 0.1) is 5.75 Å². The number of hydrogen-bond acceptors (Lipinski definition) is 3. The second kappa shape index (κ2) is 10.3. The van der Waals surface area contributed by atoms with Gasteiger partial charge in [-0.05, 0) is 55.8 Å². The summed E-state index contributed by atoms with van der Waals surface area (Å²) >= 11 is 7.88. The molecule has 1 aliphatic heterocycles. The summed E-state index contributed by atoms with van der Waals surface area (Å²) in [6.45, 7) is 2.98. The molecule has 2 aromatic rings. The highest BCUT2D eigenvalue weighted by molar-refractivity contribution is 8.00. The average Bonchev–Trinajstić information content (AvgIpc) is 2.61. The van der Waals surface area contributed by atoms with Crippen molar-refractivity contribution in [2.75, 3.05) is 25.4 Å². The number of amides is 1. The number of carbonyl (C=O) groups excluding carboxylic acids is 1. The predicted octanol–water partition coefficient (Wildman–Crippen LogP) is 4.51. The van der Waals surface area contributed by atoms with Crippen LogP contribution in [0.15, 0.2) is 41.3 Å². The van der Waals surface area contributed by atoms with Gasteiger partial charge in [-0.2, -0.15) is 0 Å². The van der Waals surface area contributed by atoms with E-state index in [1.807, 2.05) is 36.4 Å². The minimum atomic E-state index is 0. The number of thioether (sulfide) groups is 1. The van der Waals surface area contributed by atoms with Gasteiger partial charge in [-0.15, -0.1) is 24.2 Å². The number of piperidine rings is 1. The van der Waals surface area contributed by atoms with Crippen molar-refractivity contribution < 1.29 is 4.79 Å². The van der Waals surface area contributed by atoms with Crippen LogP contribution in [0.3, 0.4) is 0 Å². The molecule has 2 aromatic carbocycles. The Morgan fingerprint density at radius 2 is 2.08 bits per heavy atom. The van der Waals surface area contributed by atoms with E-state index >= 15 is 0 Å². The fourth-order valence-electron chi connectivity index (χ4n) is 3.16.